The summed E-state index contributed by atoms with van der Waals surface area (Å²) in [5.74, 6) is -0.889. The fourth-order valence-electron chi connectivity index (χ4n) is 1.96. The van der Waals surface area contributed by atoms with Crippen LogP contribution in [0.5, 0.6) is 0 Å². The Morgan fingerprint density at radius 1 is 1.38 bits per heavy atom. The number of carboxylic acid groups (broad SMARTS) is 1. The van der Waals surface area contributed by atoms with Crippen molar-refractivity contribution in [2.24, 2.45) is 0 Å². The lowest BCUT2D eigenvalue weighted by Crippen LogP contribution is -1.99. The van der Waals surface area contributed by atoms with E-state index in [2.05, 4.69) is 10.3 Å². The number of hydrogen-bond acceptors (Lipinski definition) is 4. The predicted molar refractivity (Wildman–Crippen MR) is 82.2 cm³/mol. The second-order valence-corrected chi connectivity index (χ2v) is 5.48. The lowest BCUT2D eigenvalue weighted by molar-refractivity contribution is 0.0697. The molecule has 0 aliphatic carbocycles. The maximum absolute atomic E-state index is 10.8. The minimum Gasteiger partial charge on any atom is -0.478 e. The quantitative estimate of drug-likeness (QED) is 0.759. The average Bonchev–Trinajstić information content (AvgIpc) is 3.17. The van der Waals surface area contributed by atoms with Gasteiger partial charge in [0.2, 0.25) is 0 Å². The van der Waals surface area contributed by atoms with Crippen LogP contribution in [0, 0.1) is 0 Å². The number of carbonyl (C=O) groups is 1. The standard InChI is InChI=1S/C15H13N3O2S/c19-15(20)11-6-14(21-9-11)8-17-12-2-1-3-13(7-12)18-5-4-16-10-18/h1-7,9-10,17H,8H2,(H,19,20). The van der Waals surface area contributed by atoms with Crippen molar-refractivity contribution in [3.63, 3.8) is 0 Å². The normalized spacial score (nSPS) is 10.5. The van der Waals surface area contributed by atoms with E-state index in [0.717, 1.165) is 16.3 Å². The third-order valence-corrected chi connectivity index (χ3v) is 3.95. The average molecular weight is 299 g/mol. The summed E-state index contributed by atoms with van der Waals surface area (Å²) in [4.78, 5) is 15.9. The molecular formula is C15H13N3O2S. The first-order valence-corrected chi connectivity index (χ1v) is 7.23. The molecule has 0 unspecified atom stereocenters. The molecule has 5 nitrogen and oxygen atoms in total. The lowest BCUT2D eigenvalue weighted by Gasteiger charge is -2.08. The Labute approximate surface area is 125 Å². The molecule has 0 saturated carbocycles. The van der Waals surface area contributed by atoms with Gasteiger partial charge in [-0.1, -0.05) is 6.07 Å². The van der Waals surface area contributed by atoms with Crippen molar-refractivity contribution in [1.82, 2.24) is 9.55 Å². The first kappa shape index (κ1) is 13.4. The molecule has 0 aliphatic heterocycles. The Kier molecular flexibility index (Phi) is 3.70. The van der Waals surface area contributed by atoms with Crippen LogP contribution in [0.15, 0.2) is 54.4 Å². The third-order valence-electron chi connectivity index (χ3n) is 3.02. The summed E-state index contributed by atoms with van der Waals surface area (Å²) < 4.78 is 1.93. The number of carboxylic acids is 1. The van der Waals surface area contributed by atoms with E-state index in [0.29, 0.717) is 12.1 Å². The molecule has 3 rings (SSSR count). The number of nitrogens with zero attached hydrogens (tertiary/aromatic N) is 2. The number of nitrogens with one attached hydrogen (secondary N) is 1. The fraction of sp³-hybridized carbons (Fsp3) is 0.0667. The molecule has 21 heavy (non-hydrogen) atoms. The SMILES string of the molecule is O=C(O)c1csc(CNc2cccc(-n3ccnc3)c2)c1. The van der Waals surface area contributed by atoms with Gasteiger partial charge >= 0.3 is 5.97 Å². The van der Waals surface area contributed by atoms with Gasteiger partial charge in [-0.05, 0) is 24.3 Å². The molecule has 3 aromatic rings. The molecule has 106 valence electrons. The van der Waals surface area contributed by atoms with Gasteiger partial charge in [0.15, 0.2) is 0 Å². The van der Waals surface area contributed by atoms with Gasteiger partial charge in [0, 0.05) is 40.6 Å². The summed E-state index contributed by atoms with van der Waals surface area (Å²) in [6.45, 7) is 0.603. The van der Waals surface area contributed by atoms with Crippen molar-refractivity contribution in [3.8, 4) is 5.69 Å². The van der Waals surface area contributed by atoms with E-state index in [1.165, 1.54) is 11.3 Å². The number of imidazole rings is 1. The van der Waals surface area contributed by atoms with E-state index >= 15 is 0 Å². The molecule has 6 heteroatoms. The van der Waals surface area contributed by atoms with Crippen LogP contribution in [-0.4, -0.2) is 20.6 Å². The molecule has 0 radical (unpaired) electrons. The summed E-state index contributed by atoms with van der Waals surface area (Å²) >= 11 is 1.44. The number of aromatic nitrogens is 2. The minimum atomic E-state index is -0.889. The van der Waals surface area contributed by atoms with Gasteiger partial charge in [-0.3, -0.25) is 0 Å². The molecule has 0 saturated heterocycles. The van der Waals surface area contributed by atoms with Gasteiger partial charge < -0.3 is 15.0 Å². The van der Waals surface area contributed by atoms with E-state index in [-0.39, 0.29) is 0 Å². The number of aromatic carboxylic acids is 1. The van der Waals surface area contributed by atoms with Crippen molar-refractivity contribution in [3.05, 3.63) is 64.9 Å². The molecule has 1 aromatic carbocycles. The van der Waals surface area contributed by atoms with Crippen LogP contribution in [0.1, 0.15) is 15.2 Å². The van der Waals surface area contributed by atoms with Gasteiger partial charge in [0.05, 0.1) is 11.9 Å². The zero-order valence-electron chi connectivity index (χ0n) is 11.1. The van der Waals surface area contributed by atoms with Crippen LogP contribution < -0.4 is 5.32 Å². The maximum Gasteiger partial charge on any atom is 0.336 e. The molecule has 0 fully saturated rings. The highest BCUT2D eigenvalue weighted by Gasteiger charge is 2.06. The summed E-state index contributed by atoms with van der Waals surface area (Å²) in [5.41, 5.74) is 2.34. The summed E-state index contributed by atoms with van der Waals surface area (Å²) in [5, 5.41) is 13.9. The first-order valence-electron chi connectivity index (χ1n) is 6.35. The smallest absolute Gasteiger partial charge is 0.336 e. The zero-order valence-corrected chi connectivity index (χ0v) is 11.9. The highest BCUT2D eigenvalue weighted by atomic mass is 32.1. The molecule has 0 spiro atoms. The second-order valence-electron chi connectivity index (χ2n) is 4.48. The molecule has 0 amide bonds. The summed E-state index contributed by atoms with van der Waals surface area (Å²) in [6.07, 6.45) is 5.37. The number of thiophene rings is 1. The van der Waals surface area contributed by atoms with E-state index in [4.69, 9.17) is 5.11 Å². The lowest BCUT2D eigenvalue weighted by atomic mass is 10.2. The van der Waals surface area contributed by atoms with Gasteiger partial charge in [0.25, 0.3) is 0 Å². The number of benzene rings is 1. The van der Waals surface area contributed by atoms with Crippen LogP contribution in [-0.2, 0) is 6.54 Å². The Morgan fingerprint density at radius 2 is 2.29 bits per heavy atom. The Balaban J connectivity index is 1.70. The van der Waals surface area contributed by atoms with E-state index in [1.807, 2.05) is 35.0 Å². The van der Waals surface area contributed by atoms with Crippen LogP contribution >= 0.6 is 11.3 Å². The third kappa shape index (κ3) is 3.11. The van der Waals surface area contributed by atoms with Gasteiger partial charge in [-0.25, -0.2) is 9.78 Å². The van der Waals surface area contributed by atoms with Crippen molar-refractivity contribution in [1.29, 1.82) is 0 Å². The maximum atomic E-state index is 10.8. The highest BCUT2D eigenvalue weighted by molar-refractivity contribution is 7.10. The van der Waals surface area contributed by atoms with Crippen LogP contribution in [0.3, 0.4) is 0 Å². The van der Waals surface area contributed by atoms with Crippen LogP contribution in [0.25, 0.3) is 5.69 Å². The van der Waals surface area contributed by atoms with Gasteiger partial charge in [-0.2, -0.15) is 0 Å². The molecule has 0 bridgehead atoms. The highest BCUT2D eigenvalue weighted by Crippen LogP contribution is 2.18. The summed E-state index contributed by atoms with van der Waals surface area (Å²) in [6, 6.07) is 9.66. The number of anilines is 1. The molecular weight excluding hydrogens is 286 g/mol. The van der Waals surface area contributed by atoms with Crippen LogP contribution in [0.2, 0.25) is 0 Å². The zero-order chi connectivity index (χ0) is 14.7. The van der Waals surface area contributed by atoms with Crippen molar-refractivity contribution >= 4 is 23.0 Å². The van der Waals surface area contributed by atoms with Gasteiger partial charge in [-0.15, -0.1) is 11.3 Å². The molecule has 0 atom stereocenters. The number of hydrogen-bond donors (Lipinski definition) is 2. The van der Waals surface area contributed by atoms with E-state index in [1.54, 1.807) is 24.0 Å². The largest absolute Gasteiger partial charge is 0.478 e. The van der Waals surface area contributed by atoms with Crippen LogP contribution in [0.4, 0.5) is 5.69 Å². The summed E-state index contributed by atoms with van der Waals surface area (Å²) in [7, 11) is 0. The van der Waals surface area contributed by atoms with Gasteiger partial charge in [0.1, 0.15) is 0 Å². The van der Waals surface area contributed by atoms with Crippen molar-refractivity contribution < 1.29 is 9.90 Å². The fourth-order valence-corrected chi connectivity index (χ4v) is 2.76. The Hall–Kier alpha value is -2.60. The predicted octanol–water partition coefficient (Wildman–Crippen LogP) is 3.24. The van der Waals surface area contributed by atoms with E-state index < -0.39 is 5.97 Å². The molecule has 0 aliphatic rings. The Bertz CT molecular complexity index is 750. The molecule has 2 heterocycles. The topological polar surface area (TPSA) is 67.2 Å². The minimum absolute atomic E-state index is 0.337. The van der Waals surface area contributed by atoms with Crippen molar-refractivity contribution in [2.45, 2.75) is 6.54 Å². The first-order chi connectivity index (χ1) is 10.2. The second kappa shape index (κ2) is 5.80. The molecule has 2 aromatic heterocycles. The Morgan fingerprint density at radius 3 is 3.00 bits per heavy atom. The monoisotopic (exact) mass is 299 g/mol. The van der Waals surface area contributed by atoms with Crippen molar-refractivity contribution in [2.75, 3.05) is 5.32 Å². The van der Waals surface area contributed by atoms with E-state index in [9.17, 15) is 4.79 Å². The number of rotatable bonds is 5. The molecule has 2 N–H and O–H groups in total.